The Bertz CT molecular complexity index is 609. The van der Waals surface area contributed by atoms with Crippen LogP contribution in [0.4, 0.5) is 0 Å². The normalized spacial score (nSPS) is 22.0. The number of fused-ring (bicyclic) bond motifs is 1. The van der Waals surface area contributed by atoms with Crippen molar-refractivity contribution in [3.05, 3.63) is 47.3 Å². The van der Waals surface area contributed by atoms with Crippen molar-refractivity contribution in [1.82, 2.24) is 15.1 Å². The second-order valence-electron chi connectivity index (χ2n) is 6.13. The summed E-state index contributed by atoms with van der Waals surface area (Å²) in [6.07, 6.45) is 5.43. The minimum atomic E-state index is 0.596. The molecule has 0 spiro atoms. The van der Waals surface area contributed by atoms with Gasteiger partial charge in [-0.3, -0.25) is 10.00 Å². The number of nitrogens with zero attached hydrogens (tertiary/aromatic N) is 2. The number of piperidine rings is 1. The smallest absolute Gasteiger partial charge is 0.122 e. The zero-order valence-corrected chi connectivity index (χ0v) is 12.2. The summed E-state index contributed by atoms with van der Waals surface area (Å²) in [5, 5.41) is 7.22. The average Bonchev–Trinajstić information content (AvgIpc) is 3.18. The Labute approximate surface area is 125 Å². The first kappa shape index (κ1) is 12.9. The van der Waals surface area contributed by atoms with Crippen LogP contribution in [0.15, 0.2) is 30.5 Å². The minimum Gasteiger partial charge on any atom is -0.493 e. The molecule has 1 saturated heterocycles. The zero-order valence-electron chi connectivity index (χ0n) is 12.2. The molecule has 4 heteroatoms. The van der Waals surface area contributed by atoms with Gasteiger partial charge < -0.3 is 4.74 Å². The molecule has 0 aliphatic carbocycles. The number of H-pyrrole nitrogens is 1. The molecule has 1 unspecified atom stereocenters. The lowest BCUT2D eigenvalue weighted by Gasteiger charge is -2.32. The van der Waals surface area contributed by atoms with E-state index in [4.69, 9.17) is 4.74 Å². The van der Waals surface area contributed by atoms with Crippen LogP contribution in [0.5, 0.6) is 5.75 Å². The van der Waals surface area contributed by atoms with Crippen molar-refractivity contribution >= 4 is 0 Å². The highest BCUT2D eigenvalue weighted by Crippen LogP contribution is 2.29. The minimum absolute atomic E-state index is 0.596. The Morgan fingerprint density at radius 2 is 2.33 bits per heavy atom. The lowest BCUT2D eigenvalue weighted by molar-refractivity contribution is 0.198. The molecule has 0 bridgehead atoms. The maximum atomic E-state index is 5.58. The summed E-state index contributed by atoms with van der Waals surface area (Å²) < 4.78 is 5.58. The molecule has 0 amide bonds. The van der Waals surface area contributed by atoms with Crippen molar-refractivity contribution in [2.45, 2.75) is 31.7 Å². The van der Waals surface area contributed by atoms with Crippen molar-refractivity contribution in [1.29, 1.82) is 0 Å². The van der Waals surface area contributed by atoms with E-state index >= 15 is 0 Å². The van der Waals surface area contributed by atoms with Gasteiger partial charge in [0.15, 0.2) is 0 Å². The highest BCUT2D eigenvalue weighted by atomic mass is 16.5. The predicted octanol–water partition coefficient (Wildman–Crippen LogP) is 2.72. The highest BCUT2D eigenvalue weighted by molar-refractivity contribution is 5.39. The van der Waals surface area contributed by atoms with E-state index in [0.717, 1.165) is 31.9 Å². The zero-order chi connectivity index (χ0) is 14.1. The van der Waals surface area contributed by atoms with Gasteiger partial charge in [0.2, 0.25) is 0 Å². The molecular weight excluding hydrogens is 262 g/mol. The lowest BCUT2D eigenvalue weighted by Crippen LogP contribution is -2.34. The average molecular weight is 283 g/mol. The number of hydrogen-bond donors (Lipinski definition) is 1. The summed E-state index contributed by atoms with van der Waals surface area (Å²) in [7, 11) is 0. The molecule has 3 heterocycles. The van der Waals surface area contributed by atoms with Crippen molar-refractivity contribution in [3.63, 3.8) is 0 Å². The van der Waals surface area contributed by atoms with E-state index in [1.54, 1.807) is 0 Å². The van der Waals surface area contributed by atoms with Crippen LogP contribution in [0.1, 0.15) is 35.6 Å². The number of rotatable bonds is 3. The van der Waals surface area contributed by atoms with Crippen LogP contribution in [0.25, 0.3) is 0 Å². The molecule has 1 N–H and O–H groups in total. The third kappa shape index (κ3) is 2.68. The Morgan fingerprint density at radius 3 is 3.24 bits per heavy atom. The molecule has 0 saturated carbocycles. The third-order valence-electron chi connectivity index (χ3n) is 4.63. The number of nitrogens with one attached hydrogen (secondary N) is 1. The number of ether oxygens (including phenoxy) is 1. The van der Waals surface area contributed by atoms with Gasteiger partial charge in [-0.1, -0.05) is 12.1 Å². The van der Waals surface area contributed by atoms with E-state index in [2.05, 4.69) is 39.4 Å². The van der Waals surface area contributed by atoms with E-state index in [1.165, 1.54) is 36.2 Å². The number of aromatic nitrogens is 2. The van der Waals surface area contributed by atoms with Gasteiger partial charge in [-0.2, -0.15) is 5.10 Å². The first-order valence-corrected chi connectivity index (χ1v) is 7.85. The summed E-state index contributed by atoms with van der Waals surface area (Å²) in [6, 6.07) is 8.78. The van der Waals surface area contributed by atoms with E-state index in [0.29, 0.717) is 5.92 Å². The molecule has 2 aliphatic heterocycles. The van der Waals surface area contributed by atoms with Gasteiger partial charge in [-0.15, -0.1) is 0 Å². The molecule has 1 fully saturated rings. The summed E-state index contributed by atoms with van der Waals surface area (Å²) in [6.45, 7) is 4.19. The maximum absolute atomic E-state index is 5.58. The Morgan fingerprint density at radius 1 is 1.33 bits per heavy atom. The first-order valence-electron chi connectivity index (χ1n) is 7.85. The van der Waals surface area contributed by atoms with Gasteiger partial charge in [0.25, 0.3) is 0 Å². The predicted molar refractivity (Wildman–Crippen MR) is 81.5 cm³/mol. The molecule has 0 radical (unpaired) electrons. The topological polar surface area (TPSA) is 41.1 Å². The summed E-state index contributed by atoms with van der Waals surface area (Å²) in [5.41, 5.74) is 4.06. The number of benzene rings is 1. The van der Waals surface area contributed by atoms with Gasteiger partial charge in [0.05, 0.1) is 6.61 Å². The van der Waals surface area contributed by atoms with Crippen LogP contribution in [0.2, 0.25) is 0 Å². The van der Waals surface area contributed by atoms with Crippen LogP contribution in [0.3, 0.4) is 0 Å². The van der Waals surface area contributed by atoms with Gasteiger partial charge in [0.1, 0.15) is 5.75 Å². The number of likely N-dealkylation sites (tertiary alicyclic amines) is 1. The fourth-order valence-corrected chi connectivity index (χ4v) is 3.54. The molecule has 1 atom stereocenters. The summed E-state index contributed by atoms with van der Waals surface area (Å²) >= 11 is 0. The summed E-state index contributed by atoms with van der Waals surface area (Å²) in [5.74, 6) is 1.67. The first-order chi connectivity index (χ1) is 10.4. The molecule has 1 aromatic carbocycles. The molecule has 4 nitrogen and oxygen atoms in total. The van der Waals surface area contributed by atoms with Crippen molar-refractivity contribution in [2.75, 3.05) is 19.7 Å². The second kappa shape index (κ2) is 5.53. The van der Waals surface area contributed by atoms with Crippen molar-refractivity contribution in [2.24, 2.45) is 0 Å². The quantitative estimate of drug-likeness (QED) is 0.941. The van der Waals surface area contributed by atoms with E-state index < -0.39 is 0 Å². The van der Waals surface area contributed by atoms with Crippen molar-refractivity contribution < 1.29 is 4.74 Å². The molecule has 1 aromatic heterocycles. The fraction of sp³-hybridized carbons (Fsp3) is 0.471. The second-order valence-corrected chi connectivity index (χ2v) is 6.13. The largest absolute Gasteiger partial charge is 0.493 e. The Kier molecular flexibility index (Phi) is 3.39. The van der Waals surface area contributed by atoms with E-state index in [9.17, 15) is 0 Å². The molecular formula is C17H21N3O. The maximum Gasteiger partial charge on any atom is 0.122 e. The number of aromatic amines is 1. The van der Waals surface area contributed by atoms with Gasteiger partial charge in [-0.25, -0.2) is 0 Å². The summed E-state index contributed by atoms with van der Waals surface area (Å²) in [4.78, 5) is 2.56. The number of hydrogen-bond acceptors (Lipinski definition) is 3. The van der Waals surface area contributed by atoms with Gasteiger partial charge in [0, 0.05) is 37.3 Å². The molecule has 4 rings (SSSR count). The molecule has 110 valence electrons. The molecule has 2 aromatic rings. The van der Waals surface area contributed by atoms with Crippen LogP contribution in [-0.2, 0) is 13.0 Å². The van der Waals surface area contributed by atoms with Crippen LogP contribution in [-0.4, -0.2) is 34.8 Å². The van der Waals surface area contributed by atoms with Gasteiger partial charge >= 0.3 is 0 Å². The van der Waals surface area contributed by atoms with Gasteiger partial charge in [-0.05, 0) is 42.6 Å². The standard InChI is InChI=1S/C17H21N3O/c1-2-15(16-5-7-18-19-16)12-20(8-1)11-13-3-4-17-14(10-13)6-9-21-17/h3-5,7,10,15H,1-2,6,8-9,11-12H2,(H,18,19). The Balaban J connectivity index is 1.44. The van der Waals surface area contributed by atoms with E-state index in [1.807, 2.05) is 6.20 Å². The molecule has 2 aliphatic rings. The van der Waals surface area contributed by atoms with Crippen LogP contribution in [0, 0.1) is 0 Å². The van der Waals surface area contributed by atoms with Crippen LogP contribution < -0.4 is 4.74 Å². The van der Waals surface area contributed by atoms with Crippen LogP contribution >= 0.6 is 0 Å². The lowest BCUT2D eigenvalue weighted by atomic mass is 9.94. The SMILES string of the molecule is c1cc(C2CCCN(Cc3ccc4c(c3)CCO4)C2)[nH]n1. The third-order valence-corrected chi connectivity index (χ3v) is 4.63. The molecule has 21 heavy (non-hydrogen) atoms. The van der Waals surface area contributed by atoms with Crippen molar-refractivity contribution in [3.8, 4) is 5.75 Å². The Hall–Kier alpha value is -1.81. The van der Waals surface area contributed by atoms with E-state index in [-0.39, 0.29) is 0 Å². The fourth-order valence-electron chi connectivity index (χ4n) is 3.54. The highest BCUT2D eigenvalue weighted by Gasteiger charge is 2.22. The monoisotopic (exact) mass is 283 g/mol.